The third kappa shape index (κ3) is 4.86. The number of alkyl halides is 13. The van der Waals surface area contributed by atoms with Crippen LogP contribution in [0, 0.1) is 0 Å². The first-order chi connectivity index (χ1) is 12.0. The zero-order chi connectivity index (χ0) is 23.2. The molecule has 0 saturated carbocycles. The molecule has 0 fully saturated rings. The molecular weight excluding hydrogens is 498 g/mol. The SMILES string of the molecule is CCCCC(F)C(F)(F)C(F)(F)C(F)(F)C(F)(F)C(F)(F)C(F)(F)S(=O)(=O)[O-].[K+]. The van der Waals surface area contributed by atoms with Crippen molar-refractivity contribution in [3.8, 4) is 0 Å². The Morgan fingerprint density at radius 1 is 0.759 bits per heavy atom. The molecule has 0 aromatic rings. The molecule has 170 valence electrons. The van der Waals surface area contributed by atoms with Gasteiger partial charge in [0.15, 0.2) is 16.3 Å². The summed E-state index contributed by atoms with van der Waals surface area (Å²) in [4.78, 5) is 0. The molecule has 18 heteroatoms. The van der Waals surface area contributed by atoms with Crippen LogP contribution in [0.3, 0.4) is 0 Å². The second-order valence-electron chi connectivity index (χ2n) is 5.50. The van der Waals surface area contributed by atoms with Crippen molar-refractivity contribution in [2.75, 3.05) is 0 Å². The van der Waals surface area contributed by atoms with Gasteiger partial charge in [-0.2, -0.15) is 52.7 Å². The zero-order valence-electron chi connectivity index (χ0n) is 14.2. The summed E-state index contributed by atoms with van der Waals surface area (Å²) in [6.07, 6.45) is -6.76. The Labute approximate surface area is 197 Å². The minimum Gasteiger partial charge on any atom is -0.743 e. The Morgan fingerprint density at radius 2 is 1.10 bits per heavy atom. The quantitative estimate of drug-likeness (QED) is 0.257. The van der Waals surface area contributed by atoms with E-state index in [4.69, 9.17) is 0 Å². The maximum atomic E-state index is 13.3. The summed E-state index contributed by atoms with van der Waals surface area (Å²) >= 11 is 0. The van der Waals surface area contributed by atoms with Gasteiger partial charge in [0.1, 0.15) is 0 Å². The van der Waals surface area contributed by atoms with Crippen LogP contribution in [-0.4, -0.2) is 54.0 Å². The smallest absolute Gasteiger partial charge is 0.743 e. The Hall–Kier alpha value is 0.636. The van der Waals surface area contributed by atoms with Crippen LogP contribution < -0.4 is 51.4 Å². The Kier molecular flexibility index (Phi) is 10.1. The molecule has 0 saturated heterocycles. The second-order valence-corrected chi connectivity index (χ2v) is 6.92. The van der Waals surface area contributed by atoms with Crippen LogP contribution in [0.1, 0.15) is 26.2 Å². The maximum absolute atomic E-state index is 13.3. The molecular formula is C11H10F13KO3S. The van der Waals surface area contributed by atoms with Gasteiger partial charge in [-0.05, 0) is 6.42 Å². The Morgan fingerprint density at radius 3 is 1.41 bits per heavy atom. The van der Waals surface area contributed by atoms with Crippen molar-refractivity contribution in [2.45, 2.75) is 67.2 Å². The van der Waals surface area contributed by atoms with Gasteiger partial charge in [-0.3, -0.25) is 0 Å². The van der Waals surface area contributed by atoms with E-state index >= 15 is 0 Å². The van der Waals surface area contributed by atoms with E-state index in [1.807, 2.05) is 0 Å². The molecule has 0 rings (SSSR count). The summed E-state index contributed by atoms with van der Waals surface area (Å²) in [5, 5.41) is -7.62. The predicted molar refractivity (Wildman–Crippen MR) is 63.8 cm³/mol. The molecule has 1 atom stereocenters. The van der Waals surface area contributed by atoms with Gasteiger partial charge in [0.25, 0.3) is 0 Å². The van der Waals surface area contributed by atoms with E-state index in [0.717, 1.165) is 0 Å². The van der Waals surface area contributed by atoms with Gasteiger partial charge >= 0.3 is 86.3 Å². The van der Waals surface area contributed by atoms with Crippen LogP contribution in [-0.2, 0) is 10.1 Å². The Balaban J connectivity index is 0. The van der Waals surface area contributed by atoms with Gasteiger partial charge in [-0.15, -0.1) is 0 Å². The van der Waals surface area contributed by atoms with Gasteiger partial charge < -0.3 is 4.55 Å². The molecule has 0 aliphatic heterocycles. The number of unbranched alkanes of at least 4 members (excludes halogenated alkanes) is 1. The van der Waals surface area contributed by atoms with Crippen molar-refractivity contribution >= 4 is 10.1 Å². The summed E-state index contributed by atoms with van der Waals surface area (Å²) in [5.74, 6) is -38.9. The fourth-order valence-corrected chi connectivity index (χ4v) is 2.15. The van der Waals surface area contributed by atoms with Crippen molar-refractivity contribution in [3.63, 3.8) is 0 Å². The van der Waals surface area contributed by atoms with E-state index in [-0.39, 0.29) is 57.8 Å². The van der Waals surface area contributed by atoms with Gasteiger partial charge in [0.2, 0.25) is 0 Å². The molecule has 0 radical (unpaired) electrons. The van der Waals surface area contributed by atoms with E-state index in [9.17, 15) is 70.0 Å². The predicted octanol–water partition coefficient (Wildman–Crippen LogP) is 1.83. The number of hydrogen-bond acceptors (Lipinski definition) is 3. The van der Waals surface area contributed by atoms with Crippen molar-refractivity contribution in [1.29, 1.82) is 0 Å². The zero-order valence-corrected chi connectivity index (χ0v) is 18.2. The van der Waals surface area contributed by atoms with Gasteiger partial charge in [-0.1, -0.05) is 19.8 Å². The molecule has 0 aromatic carbocycles. The maximum Gasteiger partial charge on any atom is 1.00 e. The first kappa shape index (κ1) is 31.8. The van der Waals surface area contributed by atoms with Crippen LogP contribution in [0.15, 0.2) is 0 Å². The summed E-state index contributed by atoms with van der Waals surface area (Å²) in [5.41, 5.74) is 0. The average Bonchev–Trinajstić information content (AvgIpc) is 2.50. The van der Waals surface area contributed by atoms with Crippen molar-refractivity contribution in [3.05, 3.63) is 0 Å². The van der Waals surface area contributed by atoms with Gasteiger partial charge in [0.05, 0.1) is 0 Å². The third-order valence-electron chi connectivity index (χ3n) is 3.49. The molecule has 0 spiro atoms. The summed E-state index contributed by atoms with van der Waals surface area (Å²) < 4.78 is 201. The normalized spacial score (nSPS) is 16.4. The van der Waals surface area contributed by atoms with Crippen LogP contribution in [0.4, 0.5) is 57.1 Å². The van der Waals surface area contributed by atoms with Crippen LogP contribution in [0.25, 0.3) is 0 Å². The molecule has 0 aromatic heterocycles. The number of rotatable bonds is 10. The molecule has 0 bridgehead atoms. The van der Waals surface area contributed by atoms with Crippen molar-refractivity contribution in [2.24, 2.45) is 0 Å². The van der Waals surface area contributed by atoms with Crippen molar-refractivity contribution < 1.29 is 121 Å². The van der Waals surface area contributed by atoms with E-state index in [1.54, 1.807) is 0 Å². The minimum absolute atomic E-state index is 0. The Bertz CT molecular complexity index is 665. The van der Waals surface area contributed by atoms with E-state index in [0.29, 0.717) is 0 Å². The molecule has 1 unspecified atom stereocenters. The summed E-state index contributed by atoms with van der Waals surface area (Å²) in [7, 11) is -7.87. The van der Waals surface area contributed by atoms with Crippen molar-refractivity contribution in [1.82, 2.24) is 0 Å². The molecule has 0 heterocycles. The van der Waals surface area contributed by atoms with E-state index in [1.165, 1.54) is 6.92 Å². The molecule has 29 heavy (non-hydrogen) atoms. The number of hydrogen-bond donors (Lipinski definition) is 0. The molecule has 0 aliphatic rings. The largest absolute Gasteiger partial charge is 1.00 e. The van der Waals surface area contributed by atoms with Gasteiger partial charge in [0, 0.05) is 0 Å². The number of halogens is 13. The standard InChI is InChI=1S/C11H11F13O3S.K/c1-2-3-4-5(12)6(13,14)7(15,16)8(17,18)9(19,20)10(21,22)11(23,24)28(25,26)27;/h5H,2-4H2,1H3,(H,25,26,27);/q;+1/p-1. The summed E-state index contributed by atoms with van der Waals surface area (Å²) in [6, 6.07) is 0. The fraction of sp³-hybridized carbons (Fsp3) is 1.00. The topological polar surface area (TPSA) is 57.2 Å². The third-order valence-corrected chi connectivity index (χ3v) is 4.37. The van der Waals surface area contributed by atoms with Gasteiger partial charge in [-0.25, -0.2) is 12.8 Å². The van der Waals surface area contributed by atoms with Crippen LogP contribution >= 0.6 is 0 Å². The van der Waals surface area contributed by atoms with Crippen LogP contribution in [0.2, 0.25) is 0 Å². The fourth-order valence-electron chi connectivity index (χ4n) is 1.70. The minimum atomic E-state index is -8.24. The van der Waals surface area contributed by atoms with E-state index < -0.39 is 64.0 Å². The molecule has 0 aliphatic carbocycles. The molecule has 0 amide bonds. The monoisotopic (exact) mass is 508 g/mol. The summed E-state index contributed by atoms with van der Waals surface area (Å²) in [6.45, 7) is 1.18. The molecule has 3 nitrogen and oxygen atoms in total. The molecule has 0 N–H and O–H groups in total. The first-order valence-corrected chi connectivity index (χ1v) is 8.25. The average molecular weight is 508 g/mol. The van der Waals surface area contributed by atoms with E-state index in [2.05, 4.69) is 0 Å². The van der Waals surface area contributed by atoms with Crippen LogP contribution in [0.5, 0.6) is 0 Å². The second kappa shape index (κ2) is 9.25. The first-order valence-electron chi connectivity index (χ1n) is 6.84.